The van der Waals surface area contributed by atoms with Crippen LogP contribution in [0.2, 0.25) is 0 Å². The zero-order valence-corrected chi connectivity index (χ0v) is 17.1. The average molecular weight is 476 g/mol. The quantitative estimate of drug-likeness (QED) is 0.386. The maximum Gasteiger partial charge on any atom is 0.406 e. The molecule has 2 fully saturated rings. The van der Waals surface area contributed by atoms with Gasteiger partial charge in [-0.25, -0.2) is 4.99 Å². The Morgan fingerprint density at radius 1 is 1.24 bits per heavy atom. The molecule has 0 bridgehead atoms. The van der Waals surface area contributed by atoms with Crippen molar-refractivity contribution in [1.29, 1.82) is 0 Å². The lowest BCUT2D eigenvalue weighted by molar-refractivity contribution is -0.157. The summed E-state index contributed by atoms with van der Waals surface area (Å²) in [5.41, 5.74) is 0. The summed E-state index contributed by atoms with van der Waals surface area (Å²) in [6.45, 7) is 2.94. The molecule has 5 nitrogen and oxygen atoms in total. The van der Waals surface area contributed by atoms with E-state index in [-0.39, 0.29) is 30.5 Å². The van der Waals surface area contributed by atoms with E-state index < -0.39 is 18.6 Å². The predicted molar refractivity (Wildman–Crippen MR) is 102 cm³/mol. The number of carbonyl (C=O) groups is 1. The summed E-state index contributed by atoms with van der Waals surface area (Å²) >= 11 is 0. The number of fused-ring (bicyclic) bond motifs is 1. The summed E-state index contributed by atoms with van der Waals surface area (Å²) in [5, 5.41) is 3.16. The Bertz CT molecular complexity index is 459. The molecule has 0 aromatic heterocycles. The van der Waals surface area contributed by atoms with Crippen molar-refractivity contribution in [3.63, 3.8) is 0 Å². The maximum absolute atomic E-state index is 12.4. The molecule has 2 unspecified atom stereocenters. The maximum atomic E-state index is 12.4. The molecule has 9 heteroatoms. The number of hydrogen-bond acceptors (Lipinski definition) is 2. The Morgan fingerprint density at radius 2 is 1.80 bits per heavy atom. The van der Waals surface area contributed by atoms with Crippen molar-refractivity contribution < 1.29 is 18.0 Å². The van der Waals surface area contributed by atoms with E-state index in [1.165, 1.54) is 25.7 Å². The Hall–Kier alpha value is -0.740. The number of likely N-dealkylation sites (N-methyl/N-ethyl adjacent to an activating group) is 1. The van der Waals surface area contributed by atoms with Gasteiger partial charge in [0.2, 0.25) is 5.91 Å². The van der Waals surface area contributed by atoms with Gasteiger partial charge in [-0.1, -0.05) is 12.8 Å². The minimum atomic E-state index is -4.39. The molecule has 0 aromatic rings. The highest BCUT2D eigenvalue weighted by atomic mass is 127. The van der Waals surface area contributed by atoms with Crippen LogP contribution in [0.4, 0.5) is 13.2 Å². The van der Waals surface area contributed by atoms with Gasteiger partial charge in [-0.2, -0.15) is 13.2 Å². The first-order valence-electron chi connectivity index (χ1n) is 8.64. The summed E-state index contributed by atoms with van der Waals surface area (Å²) in [4.78, 5) is 19.0. The minimum Gasteiger partial charge on any atom is -0.357 e. The zero-order chi connectivity index (χ0) is 17.7. The largest absolute Gasteiger partial charge is 0.406 e. The normalized spacial score (nSPS) is 23.7. The van der Waals surface area contributed by atoms with Gasteiger partial charge in [0.15, 0.2) is 5.96 Å². The number of guanidine groups is 1. The number of halogens is 4. The molecule has 1 amide bonds. The number of nitrogens with one attached hydrogen (secondary N) is 1. The number of likely N-dealkylation sites (tertiary alicyclic amines) is 1. The van der Waals surface area contributed by atoms with Crippen molar-refractivity contribution in [3.05, 3.63) is 0 Å². The molecule has 1 N–H and O–H groups in total. The predicted octanol–water partition coefficient (Wildman–Crippen LogP) is 2.71. The first kappa shape index (κ1) is 22.3. The van der Waals surface area contributed by atoms with Gasteiger partial charge >= 0.3 is 6.18 Å². The van der Waals surface area contributed by atoms with Crippen LogP contribution in [0.3, 0.4) is 0 Å². The minimum absolute atomic E-state index is 0. The molecule has 1 saturated heterocycles. The van der Waals surface area contributed by atoms with Crippen molar-refractivity contribution in [2.45, 2.75) is 38.8 Å². The van der Waals surface area contributed by atoms with E-state index >= 15 is 0 Å². The lowest BCUT2D eigenvalue weighted by atomic mass is 9.82. The third kappa shape index (κ3) is 6.82. The number of rotatable bonds is 4. The molecule has 1 aliphatic heterocycles. The van der Waals surface area contributed by atoms with Crippen LogP contribution >= 0.6 is 24.0 Å². The van der Waals surface area contributed by atoms with Crippen LogP contribution in [-0.2, 0) is 4.79 Å². The molecular formula is C16H28F3IN4O. The third-order valence-corrected chi connectivity index (χ3v) is 4.82. The van der Waals surface area contributed by atoms with E-state index in [4.69, 9.17) is 0 Å². The highest BCUT2D eigenvalue weighted by Gasteiger charge is 2.36. The molecule has 25 heavy (non-hydrogen) atoms. The standard InChI is InChI=1S/C16H27F3N4O.HI/c1-3-20-15(21-8-14(24)22(2)11-16(17,18)19)23-9-12-6-4-5-7-13(12)10-23;/h12-13H,3-11H2,1-2H3,(H,20,21);1H. The van der Waals surface area contributed by atoms with Gasteiger partial charge in [0.05, 0.1) is 0 Å². The van der Waals surface area contributed by atoms with Gasteiger partial charge < -0.3 is 15.1 Å². The van der Waals surface area contributed by atoms with Crippen LogP contribution in [0, 0.1) is 11.8 Å². The molecule has 146 valence electrons. The smallest absolute Gasteiger partial charge is 0.357 e. The van der Waals surface area contributed by atoms with Crippen LogP contribution in [-0.4, -0.2) is 67.6 Å². The van der Waals surface area contributed by atoms with Crippen molar-refractivity contribution >= 4 is 35.8 Å². The number of amides is 1. The third-order valence-electron chi connectivity index (χ3n) is 4.82. The number of nitrogens with zero attached hydrogens (tertiary/aromatic N) is 3. The van der Waals surface area contributed by atoms with E-state index in [9.17, 15) is 18.0 Å². The average Bonchev–Trinajstić information content (AvgIpc) is 2.93. The number of aliphatic imine (C=N–C) groups is 1. The first-order valence-corrected chi connectivity index (χ1v) is 8.64. The van der Waals surface area contributed by atoms with Gasteiger partial charge in [0.25, 0.3) is 0 Å². The van der Waals surface area contributed by atoms with Crippen LogP contribution in [0.5, 0.6) is 0 Å². The zero-order valence-electron chi connectivity index (χ0n) is 14.8. The summed E-state index contributed by atoms with van der Waals surface area (Å²) < 4.78 is 37.1. The molecule has 0 radical (unpaired) electrons. The lowest BCUT2D eigenvalue weighted by Crippen LogP contribution is -2.42. The van der Waals surface area contributed by atoms with Gasteiger partial charge in [0, 0.05) is 26.7 Å². The molecule has 2 rings (SSSR count). The number of hydrogen-bond donors (Lipinski definition) is 1. The van der Waals surface area contributed by atoms with Crippen molar-refractivity contribution in [2.75, 3.05) is 39.8 Å². The van der Waals surface area contributed by atoms with Gasteiger partial charge in [-0.3, -0.25) is 4.79 Å². The summed E-state index contributed by atoms with van der Waals surface area (Å²) in [6, 6.07) is 0. The molecule has 1 saturated carbocycles. The van der Waals surface area contributed by atoms with E-state index in [1.807, 2.05) is 6.92 Å². The van der Waals surface area contributed by atoms with Crippen LogP contribution in [0.15, 0.2) is 4.99 Å². The highest BCUT2D eigenvalue weighted by molar-refractivity contribution is 14.0. The molecule has 2 aliphatic rings. The molecule has 2 atom stereocenters. The summed E-state index contributed by atoms with van der Waals surface area (Å²) in [6.07, 6.45) is 0.609. The summed E-state index contributed by atoms with van der Waals surface area (Å²) in [7, 11) is 1.16. The highest BCUT2D eigenvalue weighted by Crippen LogP contribution is 2.35. The Morgan fingerprint density at radius 3 is 2.28 bits per heavy atom. The van der Waals surface area contributed by atoms with Crippen molar-refractivity contribution in [3.8, 4) is 0 Å². The van der Waals surface area contributed by atoms with Crippen molar-refractivity contribution in [1.82, 2.24) is 15.1 Å². The van der Waals surface area contributed by atoms with Crippen LogP contribution in [0.1, 0.15) is 32.6 Å². The second-order valence-electron chi connectivity index (χ2n) is 6.74. The molecule has 0 spiro atoms. The molecule has 1 heterocycles. The fourth-order valence-electron chi connectivity index (χ4n) is 3.62. The van der Waals surface area contributed by atoms with E-state index in [0.29, 0.717) is 29.2 Å². The van der Waals surface area contributed by atoms with Gasteiger partial charge in [0.1, 0.15) is 13.1 Å². The Balaban J connectivity index is 0.00000312. The van der Waals surface area contributed by atoms with Gasteiger partial charge in [-0.15, -0.1) is 24.0 Å². The topological polar surface area (TPSA) is 47.9 Å². The van der Waals surface area contributed by atoms with E-state index in [2.05, 4.69) is 15.2 Å². The fraction of sp³-hybridized carbons (Fsp3) is 0.875. The molecule has 0 aromatic carbocycles. The fourth-order valence-corrected chi connectivity index (χ4v) is 3.62. The van der Waals surface area contributed by atoms with Crippen LogP contribution < -0.4 is 5.32 Å². The van der Waals surface area contributed by atoms with Crippen LogP contribution in [0.25, 0.3) is 0 Å². The second-order valence-corrected chi connectivity index (χ2v) is 6.74. The molecular weight excluding hydrogens is 448 g/mol. The monoisotopic (exact) mass is 476 g/mol. The first-order chi connectivity index (χ1) is 11.3. The summed E-state index contributed by atoms with van der Waals surface area (Å²) in [5.74, 6) is 1.36. The van der Waals surface area contributed by atoms with Gasteiger partial charge in [-0.05, 0) is 31.6 Å². The van der Waals surface area contributed by atoms with Crippen molar-refractivity contribution in [2.24, 2.45) is 16.8 Å². The van der Waals surface area contributed by atoms with E-state index in [0.717, 1.165) is 20.1 Å². The lowest BCUT2D eigenvalue weighted by Gasteiger charge is -2.22. The number of alkyl halides is 3. The Labute approximate surface area is 164 Å². The second kappa shape index (κ2) is 9.82. The van der Waals surface area contributed by atoms with E-state index in [1.54, 1.807) is 0 Å². The number of carbonyl (C=O) groups excluding carboxylic acids is 1. The molecule has 1 aliphatic carbocycles. The SMILES string of the molecule is CCNC(=NCC(=O)N(C)CC(F)(F)F)N1CC2CCCCC2C1.I. The Kier molecular flexibility index (Phi) is 8.76.